The predicted octanol–water partition coefficient (Wildman–Crippen LogP) is 6.74. The lowest BCUT2D eigenvalue weighted by atomic mass is 9.81. The molecule has 0 atom stereocenters. The molecule has 0 saturated heterocycles. The average Bonchev–Trinajstić information content (AvgIpc) is 2.87. The van der Waals surface area contributed by atoms with E-state index in [-0.39, 0.29) is 5.41 Å². The van der Waals surface area contributed by atoms with Crippen molar-refractivity contribution in [2.45, 2.75) is 32.1 Å². The summed E-state index contributed by atoms with van der Waals surface area (Å²) in [4.78, 5) is 2.46. The Bertz CT molecular complexity index is 987. The number of aryl methyl sites for hydroxylation is 1. The van der Waals surface area contributed by atoms with Crippen LogP contribution in [0.15, 0.2) is 85.5 Å². The van der Waals surface area contributed by atoms with Crippen LogP contribution in [0.25, 0.3) is 5.57 Å². The molecule has 0 unspecified atom stereocenters. The highest BCUT2D eigenvalue weighted by Crippen LogP contribution is 2.50. The number of anilines is 2. The zero-order chi connectivity index (χ0) is 19.2. The van der Waals surface area contributed by atoms with Crippen molar-refractivity contribution >= 4 is 16.9 Å². The third-order valence-corrected chi connectivity index (χ3v) is 6.01. The summed E-state index contributed by atoms with van der Waals surface area (Å²) in [7, 11) is 0. The van der Waals surface area contributed by atoms with Crippen molar-refractivity contribution in [1.82, 2.24) is 0 Å². The monoisotopic (exact) mass is 353 g/mol. The highest BCUT2D eigenvalue weighted by Gasteiger charge is 2.37. The lowest BCUT2D eigenvalue weighted by Crippen LogP contribution is -2.25. The molecular weight excluding hydrogens is 326 g/mol. The Balaban J connectivity index is 1.80. The minimum absolute atomic E-state index is 0.0936. The van der Waals surface area contributed by atoms with Crippen molar-refractivity contribution in [3.8, 4) is 0 Å². The third kappa shape index (κ3) is 2.78. The van der Waals surface area contributed by atoms with Gasteiger partial charge in [-0.05, 0) is 64.5 Å². The highest BCUT2D eigenvalue weighted by molar-refractivity contribution is 5.90. The number of para-hydroxylation sites is 1. The smallest absolute Gasteiger partial charge is 0.0443 e. The Kier molecular flexibility index (Phi) is 4.19. The van der Waals surface area contributed by atoms with Crippen LogP contribution in [0.5, 0.6) is 0 Å². The number of allylic oxidation sites excluding steroid dienone is 5. The molecule has 0 aromatic heterocycles. The molecule has 0 bridgehead atoms. The molecule has 0 saturated carbocycles. The van der Waals surface area contributed by atoms with E-state index >= 15 is 0 Å². The van der Waals surface area contributed by atoms with Gasteiger partial charge in [0.25, 0.3) is 0 Å². The summed E-state index contributed by atoms with van der Waals surface area (Å²) in [5.74, 6) is 0. The molecule has 0 fully saturated rings. The molecule has 1 heterocycles. The summed E-state index contributed by atoms with van der Waals surface area (Å²) in [6, 6.07) is 15.6. The van der Waals surface area contributed by atoms with Gasteiger partial charge in [-0.3, -0.25) is 0 Å². The molecule has 4 rings (SSSR count). The first-order chi connectivity index (χ1) is 12.9. The first-order valence-electron chi connectivity index (χ1n) is 9.66. The second kappa shape index (κ2) is 6.42. The number of hydrogen-bond donors (Lipinski definition) is 0. The molecule has 1 heteroatoms. The van der Waals surface area contributed by atoms with Gasteiger partial charge in [-0.2, -0.15) is 0 Å². The topological polar surface area (TPSA) is 3.24 Å². The first-order valence-corrected chi connectivity index (χ1v) is 9.66. The van der Waals surface area contributed by atoms with Crippen LogP contribution in [0.1, 0.15) is 37.0 Å². The van der Waals surface area contributed by atoms with Crippen LogP contribution in [0, 0.1) is 0 Å². The fourth-order valence-electron chi connectivity index (χ4n) is 4.46. The van der Waals surface area contributed by atoms with E-state index in [4.69, 9.17) is 0 Å². The Morgan fingerprint density at radius 1 is 1.15 bits per heavy atom. The normalized spacial score (nSPS) is 19.0. The van der Waals surface area contributed by atoms with Gasteiger partial charge in [0.2, 0.25) is 0 Å². The molecule has 2 aliphatic rings. The number of fused-ring (bicyclic) bond motifs is 2. The third-order valence-electron chi connectivity index (χ3n) is 6.01. The lowest BCUT2D eigenvalue weighted by molar-refractivity contribution is 0.660. The van der Waals surface area contributed by atoms with Gasteiger partial charge in [0.15, 0.2) is 0 Å². The van der Waals surface area contributed by atoms with E-state index in [0.29, 0.717) is 0 Å². The predicted molar refractivity (Wildman–Crippen MR) is 118 cm³/mol. The van der Waals surface area contributed by atoms with Crippen molar-refractivity contribution in [2.24, 2.45) is 0 Å². The standard InChI is InChI=1S/C26H27N/c1-6-18(2)16-23-19(3)22-14-13-21(17-24(22)26(23,4)5)27-15-9-11-20-10-7-8-12-25(20)27/h6-8,10,12-14,16-17H,1-3,9,11,15H2,4-5H3/b23-16+. The van der Waals surface area contributed by atoms with E-state index < -0.39 is 0 Å². The Labute approximate surface area is 163 Å². The Hall–Kier alpha value is -2.80. The van der Waals surface area contributed by atoms with Gasteiger partial charge in [0, 0.05) is 23.3 Å². The van der Waals surface area contributed by atoms with E-state index in [1.54, 1.807) is 6.08 Å². The summed E-state index contributed by atoms with van der Waals surface area (Å²) < 4.78 is 0. The maximum Gasteiger partial charge on any atom is 0.0443 e. The van der Waals surface area contributed by atoms with E-state index in [9.17, 15) is 0 Å². The Morgan fingerprint density at radius 2 is 1.93 bits per heavy atom. The molecule has 2 aromatic carbocycles. The molecule has 0 N–H and O–H groups in total. The molecule has 1 nitrogen and oxygen atoms in total. The minimum atomic E-state index is -0.0936. The van der Waals surface area contributed by atoms with Crippen molar-refractivity contribution in [1.29, 1.82) is 0 Å². The number of benzene rings is 2. The highest BCUT2D eigenvalue weighted by atomic mass is 15.1. The molecule has 27 heavy (non-hydrogen) atoms. The quantitative estimate of drug-likeness (QED) is 0.552. The van der Waals surface area contributed by atoms with Gasteiger partial charge in [0.05, 0.1) is 0 Å². The summed E-state index contributed by atoms with van der Waals surface area (Å²) >= 11 is 0. The largest absolute Gasteiger partial charge is 0.341 e. The molecule has 0 radical (unpaired) electrons. The minimum Gasteiger partial charge on any atom is -0.341 e. The average molecular weight is 354 g/mol. The summed E-state index contributed by atoms with van der Waals surface area (Å²) in [6.07, 6.45) is 6.28. The van der Waals surface area contributed by atoms with Crippen LogP contribution >= 0.6 is 0 Å². The molecule has 1 aliphatic carbocycles. The maximum absolute atomic E-state index is 4.38. The number of hydrogen-bond acceptors (Lipinski definition) is 1. The number of nitrogens with zero attached hydrogens (tertiary/aromatic N) is 1. The molecule has 1 aliphatic heterocycles. The SMILES string of the molecule is C=CC(=C)/C=C1\C(=C)c2ccc(N3CCCc4ccccc43)cc2C1(C)C. The zero-order valence-electron chi connectivity index (χ0n) is 16.4. The van der Waals surface area contributed by atoms with Gasteiger partial charge in [0.1, 0.15) is 0 Å². The number of rotatable bonds is 3. The van der Waals surface area contributed by atoms with Gasteiger partial charge in [-0.15, -0.1) is 0 Å². The van der Waals surface area contributed by atoms with E-state index in [1.807, 2.05) is 0 Å². The first kappa shape index (κ1) is 17.6. The second-order valence-electron chi connectivity index (χ2n) is 8.05. The molecule has 136 valence electrons. The van der Waals surface area contributed by atoms with Crippen molar-refractivity contribution in [3.63, 3.8) is 0 Å². The van der Waals surface area contributed by atoms with Crippen LogP contribution < -0.4 is 4.90 Å². The summed E-state index contributed by atoms with van der Waals surface area (Å²) in [6.45, 7) is 17.9. The van der Waals surface area contributed by atoms with Crippen LogP contribution in [0.4, 0.5) is 11.4 Å². The van der Waals surface area contributed by atoms with Gasteiger partial charge in [-0.25, -0.2) is 0 Å². The van der Waals surface area contributed by atoms with Crippen LogP contribution in [0.2, 0.25) is 0 Å². The molecule has 0 spiro atoms. The molecule has 2 aromatic rings. The van der Waals surface area contributed by atoms with Crippen LogP contribution in [-0.2, 0) is 11.8 Å². The van der Waals surface area contributed by atoms with Crippen molar-refractivity contribution in [3.05, 3.63) is 102 Å². The van der Waals surface area contributed by atoms with Crippen molar-refractivity contribution in [2.75, 3.05) is 11.4 Å². The fourth-order valence-corrected chi connectivity index (χ4v) is 4.46. The van der Waals surface area contributed by atoms with E-state index in [1.165, 1.54) is 40.1 Å². The summed E-state index contributed by atoms with van der Waals surface area (Å²) in [5.41, 5.74) is 9.81. The maximum atomic E-state index is 4.38. The van der Waals surface area contributed by atoms with Gasteiger partial charge in [-0.1, -0.05) is 70.0 Å². The fraction of sp³-hybridized carbons (Fsp3) is 0.231. The second-order valence-corrected chi connectivity index (χ2v) is 8.05. The zero-order valence-corrected chi connectivity index (χ0v) is 16.4. The van der Waals surface area contributed by atoms with Crippen LogP contribution in [0.3, 0.4) is 0 Å². The lowest BCUT2D eigenvalue weighted by Gasteiger charge is -2.32. The molecule has 0 amide bonds. The van der Waals surface area contributed by atoms with Crippen LogP contribution in [-0.4, -0.2) is 6.54 Å². The Morgan fingerprint density at radius 3 is 2.70 bits per heavy atom. The van der Waals surface area contributed by atoms with E-state index in [2.05, 4.69) is 87.0 Å². The van der Waals surface area contributed by atoms with Crippen molar-refractivity contribution < 1.29 is 0 Å². The molecular formula is C26H27N. The van der Waals surface area contributed by atoms with Gasteiger partial charge >= 0.3 is 0 Å². The van der Waals surface area contributed by atoms with Gasteiger partial charge < -0.3 is 4.90 Å². The summed E-state index contributed by atoms with van der Waals surface area (Å²) in [5, 5.41) is 0. The van der Waals surface area contributed by atoms with E-state index in [0.717, 1.165) is 24.1 Å².